The molecule has 10 heteroatoms. The molecule has 0 spiro atoms. The van der Waals surface area contributed by atoms with Gasteiger partial charge in [-0.2, -0.15) is 4.31 Å². The summed E-state index contributed by atoms with van der Waals surface area (Å²) in [4.78, 5) is 11.0. The molecule has 0 aliphatic carbocycles. The molecule has 0 saturated carbocycles. The van der Waals surface area contributed by atoms with Crippen molar-refractivity contribution in [1.82, 2.24) is 4.31 Å². The first kappa shape index (κ1) is 21.3. The van der Waals surface area contributed by atoms with Crippen molar-refractivity contribution in [1.29, 1.82) is 0 Å². The first-order valence-electron chi connectivity index (χ1n) is 9.08. The Bertz CT molecular complexity index is 1120. The molecule has 0 amide bonds. The van der Waals surface area contributed by atoms with Crippen LogP contribution in [0.15, 0.2) is 52.3 Å². The van der Waals surface area contributed by atoms with Gasteiger partial charge >= 0.3 is 5.97 Å². The summed E-state index contributed by atoms with van der Waals surface area (Å²) in [5.41, 5.74) is 0.760. The van der Waals surface area contributed by atoms with Crippen molar-refractivity contribution in [2.75, 3.05) is 17.8 Å². The van der Waals surface area contributed by atoms with Crippen LogP contribution in [0.2, 0.25) is 0 Å². The van der Waals surface area contributed by atoms with Crippen molar-refractivity contribution in [2.45, 2.75) is 36.0 Å². The highest BCUT2D eigenvalue weighted by molar-refractivity contribution is 7.92. The zero-order chi connectivity index (χ0) is 21.2. The fourth-order valence-corrected chi connectivity index (χ4v) is 5.81. The number of benzene rings is 2. The van der Waals surface area contributed by atoms with Crippen molar-refractivity contribution in [2.24, 2.45) is 0 Å². The third kappa shape index (κ3) is 4.60. The van der Waals surface area contributed by atoms with E-state index in [9.17, 15) is 21.6 Å². The SMILES string of the molecule is Cc1cc(C(=O)O)ccc1NS(=O)(=O)c1ccc(S(=O)(=O)N2CCCCC2)cc1. The van der Waals surface area contributed by atoms with E-state index in [-0.39, 0.29) is 21.0 Å². The van der Waals surface area contributed by atoms with Gasteiger partial charge in [0.15, 0.2) is 0 Å². The highest BCUT2D eigenvalue weighted by Gasteiger charge is 2.26. The molecule has 1 heterocycles. The number of carboxylic acid groups (broad SMARTS) is 1. The van der Waals surface area contributed by atoms with Gasteiger partial charge in [-0.3, -0.25) is 4.72 Å². The quantitative estimate of drug-likeness (QED) is 0.715. The Hall–Kier alpha value is -2.43. The average Bonchev–Trinajstić information content (AvgIpc) is 2.70. The highest BCUT2D eigenvalue weighted by Crippen LogP contribution is 2.24. The maximum Gasteiger partial charge on any atom is 0.335 e. The molecule has 2 aromatic carbocycles. The summed E-state index contributed by atoms with van der Waals surface area (Å²) in [6.07, 6.45) is 2.63. The number of carboxylic acids is 1. The van der Waals surface area contributed by atoms with Crippen molar-refractivity contribution >= 4 is 31.7 Å². The molecular weight excluding hydrogens is 416 g/mol. The van der Waals surface area contributed by atoms with E-state index in [4.69, 9.17) is 5.11 Å². The number of nitrogens with one attached hydrogen (secondary N) is 1. The van der Waals surface area contributed by atoms with Crippen LogP contribution in [-0.2, 0) is 20.0 Å². The summed E-state index contributed by atoms with van der Waals surface area (Å²) in [6.45, 7) is 2.53. The van der Waals surface area contributed by atoms with Crippen LogP contribution < -0.4 is 4.72 Å². The van der Waals surface area contributed by atoms with E-state index in [1.54, 1.807) is 6.92 Å². The molecule has 0 atom stereocenters. The molecule has 2 N–H and O–H groups in total. The number of anilines is 1. The topological polar surface area (TPSA) is 121 Å². The zero-order valence-corrected chi connectivity index (χ0v) is 17.5. The van der Waals surface area contributed by atoms with Gasteiger partial charge in [-0.1, -0.05) is 6.42 Å². The van der Waals surface area contributed by atoms with E-state index in [1.165, 1.54) is 46.8 Å². The second-order valence-electron chi connectivity index (χ2n) is 6.88. The standard InChI is InChI=1S/C19H22N2O6S2/c1-14-13-15(19(22)23)5-10-18(14)20-28(24,25)16-6-8-17(9-7-16)29(26,27)21-11-3-2-4-12-21/h5-10,13,20H,2-4,11-12H2,1H3,(H,22,23). The Morgan fingerprint density at radius 2 is 1.52 bits per heavy atom. The molecule has 29 heavy (non-hydrogen) atoms. The van der Waals surface area contributed by atoms with E-state index in [0.717, 1.165) is 19.3 Å². The third-order valence-corrected chi connectivity index (χ3v) is 8.10. The van der Waals surface area contributed by atoms with Crippen LogP contribution in [-0.4, -0.2) is 45.3 Å². The maximum absolute atomic E-state index is 12.7. The second kappa shape index (κ2) is 8.13. The lowest BCUT2D eigenvalue weighted by molar-refractivity contribution is 0.0696. The number of aromatic carboxylic acids is 1. The van der Waals surface area contributed by atoms with Crippen molar-refractivity contribution in [3.63, 3.8) is 0 Å². The Morgan fingerprint density at radius 1 is 0.931 bits per heavy atom. The second-order valence-corrected chi connectivity index (χ2v) is 10.5. The van der Waals surface area contributed by atoms with Crippen molar-refractivity contribution < 1.29 is 26.7 Å². The summed E-state index contributed by atoms with van der Waals surface area (Å²) in [5.74, 6) is -1.10. The molecule has 1 saturated heterocycles. The molecule has 0 aromatic heterocycles. The molecule has 1 aliphatic rings. The van der Waals surface area contributed by atoms with Gasteiger partial charge in [0.2, 0.25) is 10.0 Å². The molecule has 1 fully saturated rings. The van der Waals surface area contributed by atoms with Gasteiger partial charge < -0.3 is 5.11 Å². The molecule has 0 bridgehead atoms. The van der Waals surface area contributed by atoms with Crippen LogP contribution >= 0.6 is 0 Å². The Morgan fingerprint density at radius 3 is 2.07 bits per heavy atom. The average molecular weight is 439 g/mol. The number of aryl methyl sites for hydroxylation is 1. The van der Waals surface area contributed by atoms with E-state index in [2.05, 4.69) is 4.72 Å². The molecule has 3 rings (SSSR count). The number of rotatable bonds is 6. The van der Waals surface area contributed by atoms with Crippen LogP contribution in [0.25, 0.3) is 0 Å². The lowest BCUT2D eigenvalue weighted by Gasteiger charge is -2.25. The molecule has 1 aliphatic heterocycles. The van der Waals surface area contributed by atoms with Gasteiger partial charge in [0.05, 0.1) is 21.0 Å². The number of carbonyl (C=O) groups is 1. The normalized spacial score (nSPS) is 15.8. The first-order valence-corrected chi connectivity index (χ1v) is 12.0. The summed E-state index contributed by atoms with van der Waals surface area (Å²) in [6, 6.07) is 9.14. The molecule has 156 valence electrons. The maximum atomic E-state index is 12.7. The number of nitrogens with zero attached hydrogens (tertiary/aromatic N) is 1. The fraction of sp³-hybridized carbons (Fsp3) is 0.316. The minimum absolute atomic E-state index is 0.0534. The summed E-state index contributed by atoms with van der Waals surface area (Å²) < 4.78 is 54.5. The van der Waals surface area contributed by atoms with E-state index in [1.807, 2.05) is 0 Å². The first-order chi connectivity index (χ1) is 13.6. The minimum Gasteiger partial charge on any atom is -0.478 e. The lowest BCUT2D eigenvalue weighted by atomic mass is 10.1. The van der Waals surface area contributed by atoms with Gasteiger partial charge in [-0.25, -0.2) is 21.6 Å². The molecule has 0 unspecified atom stereocenters. The van der Waals surface area contributed by atoms with Crippen LogP contribution in [0.3, 0.4) is 0 Å². The number of sulfonamides is 2. The van der Waals surface area contributed by atoms with E-state index < -0.39 is 26.0 Å². The predicted molar refractivity (Wildman–Crippen MR) is 108 cm³/mol. The van der Waals surface area contributed by atoms with Crippen LogP contribution in [0, 0.1) is 6.92 Å². The highest BCUT2D eigenvalue weighted by atomic mass is 32.2. The van der Waals surface area contributed by atoms with Crippen molar-refractivity contribution in [3.05, 3.63) is 53.6 Å². The summed E-state index contributed by atoms with van der Waals surface area (Å²) in [5, 5.41) is 9.01. The van der Waals surface area contributed by atoms with Gasteiger partial charge in [-0.05, 0) is 67.8 Å². The largest absolute Gasteiger partial charge is 0.478 e. The molecular formula is C19H22N2O6S2. The minimum atomic E-state index is -3.96. The van der Waals surface area contributed by atoms with Gasteiger partial charge in [-0.15, -0.1) is 0 Å². The monoisotopic (exact) mass is 438 g/mol. The van der Waals surface area contributed by atoms with Gasteiger partial charge in [0.25, 0.3) is 10.0 Å². The number of piperidine rings is 1. The smallest absolute Gasteiger partial charge is 0.335 e. The molecule has 8 nitrogen and oxygen atoms in total. The van der Waals surface area contributed by atoms with Crippen LogP contribution in [0.5, 0.6) is 0 Å². The third-order valence-electron chi connectivity index (χ3n) is 4.80. The Kier molecular flexibility index (Phi) is 5.97. The Labute approximate surface area is 170 Å². The van der Waals surface area contributed by atoms with Gasteiger partial charge in [0.1, 0.15) is 0 Å². The number of hydrogen-bond donors (Lipinski definition) is 2. The van der Waals surface area contributed by atoms with Crippen LogP contribution in [0.1, 0.15) is 35.2 Å². The summed E-state index contributed by atoms with van der Waals surface area (Å²) >= 11 is 0. The van der Waals surface area contributed by atoms with Gasteiger partial charge in [0, 0.05) is 13.1 Å². The number of hydrogen-bond acceptors (Lipinski definition) is 5. The van der Waals surface area contributed by atoms with Crippen LogP contribution in [0.4, 0.5) is 5.69 Å². The molecule has 2 aromatic rings. The van der Waals surface area contributed by atoms with Crippen molar-refractivity contribution in [3.8, 4) is 0 Å². The predicted octanol–water partition coefficient (Wildman–Crippen LogP) is 2.67. The Balaban J connectivity index is 1.82. The van der Waals surface area contributed by atoms with E-state index >= 15 is 0 Å². The lowest BCUT2D eigenvalue weighted by Crippen LogP contribution is -2.35. The zero-order valence-electron chi connectivity index (χ0n) is 15.8. The molecule has 0 radical (unpaired) electrons. The van der Waals surface area contributed by atoms with E-state index in [0.29, 0.717) is 18.7 Å². The summed E-state index contributed by atoms with van der Waals surface area (Å²) in [7, 11) is -7.60. The fourth-order valence-electron chi connectivity index (χ4n) is 3.16.